The first-order chi connectivity index (χ1) is 21.3. The van der Waals surface area contributed by atoms with Gasteiger partial charge in [-0.1, -0.05) is 17.7 Å². The highest BCUT2D eigenvalue weighted by atomic mass is 35.5. The third kappa shape index (κ3) is 5.97. The minimum Gasteiger partial charge on any atom is -0.395 e. The number of halogens is 1. The molecule has 0 bridgehead atoms. The van der Waals surface area contributed by atoms with Gasteiger partial charge in [-0.15, -0.1) is 10.2 Å². The maximum Gasteiger partial charge on any atom is 0.270 e. The van der Waals surface area contributed by atoms with Crippen LogP contribution in [0, 0.1) is 0 Å². The number of benzene rings is 2. The largest absolute Gasteiger partial charge is 0.395 e. The van der Waals surface area contributed by atoms with E-state index in [0.29, 0.717) is 27.8 Å². The van der Waals surface area contributed by atoms with Crippen LogP contribution in [0.25, 0.3) is 22.5 Å². The molecule has 0 radical (unpaired) electrons. The number of pyridine rings is 1. The summed E-state index contributed by atoms with van der Waals surface area (Å²) in [5.74, 6) is -0.144. The van der Waals surface area contributed by atoms with Gasteiger partial charge in [0.2, 0.25) is 5.91 Å². The van der Waals surface area contributed by atoms with Crippen molar-refractivity contribution in [3.05, 3.63) is 101 Å². The number of hydrogen-bond donors (Lipinski definition) is 3. The molecule has 0 aliphatic heterocycles. The van der Waals surface area contributed by atoms with Crippen molar-refractivity contribution in [2.24, 2.45) is 14.1 Å². The molecule has 1 unspecified atom stereocenters. The zero-order valence-corrected chi connectivity index (χ0v) is 25.0. The molecule has 1 saturated carbocycles. The Morgan fingerprint density at radius 3 is 2.41 bits per heavy atom. The van der Waals surface area contributed by atoms with E-state index in [4.69, 9.17) is 11.6 Å². The molecular weight excluding hydrogens is 580 g/mol. The average molecular weight is 611 g/mol. The fourth-order valence-corrected chi connectivity index (χ4v) is 5.39. The number of amides is 2. The number of hydrogen-bond acceptors (Lipinski definition) is 7. The lowest BCUT2D eigenvalue weighted by Crippen LogP contribution is -2.45. The highest BCUT2D eigenvalue weighted by Gasteiger charge is 2.45. The zero-order chi connectivity index (χ0) is 30.8. The summed E-state index contributed by atoms with van der Waals surface area (Å²) in [5.41, 5.74) is 4.82. The Balaban J connectivity index is 1.26. The second-order valence-corrected chi connectivity index (χ2v) is 11.5. The Kier molecular flexibility index (Phi) is 7.98. The van der Waals surface area contributed by atoms with Gasteiger partial charge in [0, 0.05) is 60.3 Å². The highest BCUT2D eigenvalue weighted by molar-refractivity contribution is 6.31. The van der Waals surface area contributed by atoms with E-state index in [2.05, 4.69) is 30.9 Å². The summed E-state index contributed by atoms with van der Waals surface area (Å²) in [6.07, 6.45) is 6.83. The number of aliphatic hydroxyl groups excluding tert-OH is 1. The third-order valence-electron chi connectivity index (χ3n) is 8.06. The van der Waals surface area contributed by atoms with Crippen molar-refractivity contribution in [3.8, 4) is 22.5 Å². The summed E-state index contributed by atoms with van der Waals surface area (Å²) in [7, 11) is 3.52. The van der Waals surface area contributed by atoms with Crippen LogP contribution in [0.3, 0.4) is 0 Å². The summed E-state index contributed by atoms with van der Waals surface area (Å²) in [6.45, 7) is 0.0609. The quantitative estimate of drug-likeness (QED) is 0.218. The molecule has 5 aromatic rings. The van der Waals surface area contributed by atoms with Crippen LogP contribution in [-0.2, 0) is 30.7 Å². The second-order valence-electron chi connectivity index (χ2n) is 11.1. The van der Waals surface area contributed by atoms with E-state index in [9.17, 15) is 14.7 Å². The van der Waals surface area contributed by atoms with Gasteiger partial charge >= 0.3 is 0 Å². The van der Waals surface area contributed by atoms with Crippen molar-refractivity contribution in [1.82, 2.24) is 34.8 Å². The molecule has 2 aromatic carbocycles. The molecular formula is C32H31ClN8O3. The number of aliphatic hydroxyl groups is 1. The maximum absolute atomic E-state index is 13.7. The summed E-state index contributed by atoms with van der Waals surface area (Å²) in [6, 6.07) is 17.4. The Labute approximate surface area is 258 Å². The third-order valence-corrected chi connectivity index (χ3v) is 8.43. The molecule has 1 atom stereocenters. The molecule has 3 N–H and O–H groups in total. The van der Waals surface area contributed by atoms with Crippen molar-refractivity contribution in [2.75, 3.05) is 11.9 Å². The standard InChI is InChI=1S/C32H31ClN8O3/c1-40-19-35-39-29(40)20-3-6-24(7-4-20)37-30(43)26(38-31(44)27-10-14-36-41(27)2)16-23-15-21(5-8-25(23)33)22-9-13-34-28(17-22)32(18-42)11-12-32/h3-10,13-15,17,19,26,42H,11-12,16,18H2,1-2H3,(H,37,43)(H,38,44). The van der Waals surface area contributed by atoms with E-state index in [1.54, 1.807) is 48.4 Å². The SMILES string of the molecule is Cn1cnnc1-c1ccc(NC(=O)C(Cc2cc(-c3ccnc(C4(CO)CC4)c3)ccc2Cl)NC(=O)c2ccnn2C)cc1. The van der Waals surface area contributed by atoms with Crippen molar-refractivity contribution in [2.45, 2.75) is 30.7 Å². The molecule has 2 amide bonds. The van der Waals surface area contributed by atoms with E-state index >= 15 is 0 Å². The second kappa shape index (κ2) is 12.0. The molecule has 1 fully saturated rings. The van der Waals surface area contributed by atoms with Gasteiger partial charge in [-0.25, -0.2) is 0 Å². The summed E-state index contributed by atoms with van der Waals surface area (Å²) < 4.78 is 3.25. The highest BCUT2D eigenvalue weighted by Crippen LogP contribution is 2.47. The lowest BCUT2D eigenvalue weighted by molar-refractivity contribution is -0.118. The number of aromatic nitrogens is 6. The van der Waals surface area contributed by atoms with E-state index in [1.807, 2.05) is 43.4 Å². The van der Waals surface area contributed by atoms with Crippen LogP contribution in [0.1, 0.15) is 34.6 Å². The van der Waals surface area contributed by atoms with Crippen molar-refractivity contribution in [1.29, 1.82) is 0 Å². The van der Waals surface area contributed by atoms with Crippen LogP contribution in [0.4, 0.5) is 5.69 Å². The monoisotopic (exact) mass is 610 g/mol. The van der Waals surface area contributed by atoms with E-state index in [0.717, 1.165) is 35.2 Å². The smallest absolute Gasteiger partial charge is 0.270 e. The molecule has 6 rings (SSSR count). The zero-order valence-electron chi connectivity index (χ0n) is 24.2. The normalized spacial score (nSPS) is 14.2. The van der Waals surface area contributed by atoms with Crippen LogP contribution in [0.15, 0.2) is 79.4 Å². The predicted octanol–water partition coefficient (Wildman–Crippen LogP) is 3.93. The number of carbonyl (C=O) groups excluding carboxylic acids is 2. The first-order valence-electron chi connectivity index (χ1n) is 14.2. The molecule has 3 heterocycles. The van der Waals surface area contributed by atoms with Gasteiger partial charge in [-0.3, -0.25) is 19.3 Å². The van der Waals surface area contributed by atoms with Crippen molar-refractivity contribution < 1.29 is 14.7 Å². The van der Waals surface area contributed by atoms with Gasteiger partial charge in [-0.05, 0) is 84.1 Å². The summed E-state index contributed by atoms with van der Waals surface area (Å²) in [4.78, 5) is 31.4. The minimum absolute atomic E-state index is 0.0609. The molecule has 0 spiro atoms. The molecule has 11 nitrogen and oxygen atoms in total. The summed E-state index contributed by atoms with van der Waals surface area (Å²) >= 11 is 6.65. The Morgan fingerprint density at radius 2 is 1.75 bits per heavy atom. The first-order valence-corrected chi connectivity index (χ1v) is 14.5. The van der Waals surface area contributed by atoms with Gasteiger partial charge < -0.3 is 20.3 Å². The van der Waals surface area contributed by atoms with Gasteiger partial charge in [0.05, 0.1) is 6.61 Å². The molecule has 1 aliphatic rings. The fourth-order valence-electron chi connectivity index (χ4n) is 5.19. The van der Waals surface area contributed by atoms with Gasteiger partial charge in [0.15, 0.2) is 5.82 Å². The number of aryl methyl sites for hydroxylation is 2. The molecule has 1 aliphatic carbocycles. The number of carbonyl (C=O) groups is 2. The maximum atomic E-state index is 13.7. The molecule has 44 heavy (non-hydrogen) atoms. The topological polar surface area (TPSA) is 140 Å². The molecule has 0 saturated heterocycles. The number of anilines is 1. The minimum atomic E-state index is -0.958. The first kappa shape index (κ1) is 29.2. The predicted molar refractivity (Wildman–Crippen MR) is 166 cm³/mol. The van der Waals surface area contributed by atoms with Gasteiger partial charge in [0.1, 0.15) is 18.1 Å². The number of rotatable bonds is 10. The molecule has 224 valence electrons. The average Bonchev–Trinajstić information content (AvgIpc) is 3.53. The fraction of sp³-hybridized carbons (Fsp3) is 0.250. The Bertz CT molecular complexity index is 1830. The Hall–Kier alpha value is -4.87. The van der Waals surface area contributed by atoms with Crippen LogP contribution in [0.2, 0.25) is 5.02 Å². The van der Waals surface area contributed by atoms with Gasteiger partial charge in [0.25, 0.3) is 5.91 Å². The lowest BCUT2D eigenvalue weighted by Gasteiger charge is -2.20. The van der Waals surface area contributed by atoms with E-state index < -0.39 is 17.9 Å². The van der Waals surface area contributed by atoms with Crippen LogP contribution < -0.4 is 10.6 Å². The van der Waals surface area contributed by atoms with E-state index in [1.165, 1.54) is 10.9 Å². The lowest BCUT2D eigenvalue weighted by atomic mass is 9.96. The molecule has 3 aromatic heterocycles. The van der Waals surface area contributed by atoms with Crippen molar-refractivity contribution in [3.63, 3.8) is 0 Å². The van der Waals surface area contributed by atoms with Crippen molar-refractivity contribution >= 4 is 29.1 Å². The van der Waals surface area contributed by atoms with Crippen LogP contribution in [-0.4, -0.2) is 59.1 Å². The number of nitrogens with one attached hydrogen (secondary N) is 2. The summed E-state index contributed by atoms with van der Waals surface area (Å²) in [5, 5.41) is 28.3. The van der Waals surface area contributed by atoms with Gasteiger partial charge in [-0.2, -0.15) is 5.10 Å². The number of nitrogens with zero attached hydrogens (tertiary/aromatic N) is 6. The van der Waals surface area contributed by atoms with Crippen LogP contribution >= 0.6 is 11.6 Å². The van der Waals surface area contributed by atoms with Crippen LogP contribution in [0.5, 0.6) is 0 Å². The van der Waals surface area contributed by atoms with E-state index in [-0.39, 0.29) is 18.4 Å². The Morgan fingerprint density at radius 1 is 1.00 bits per heavy atom. The molecule has 12 heteroatoms.